The summed E-state index contributed by atoms with van der Waals surface area (Å²) in [6, 6.07) is 57.4. The number of hydrogen-bond donors (Lipinski definition) is 0. The van der Waals surface area contributed by atoms with Gasteiger partial charge < -0.3 is 9.80 Å². The largest absolute Gasteiger partial charge is 0.310 e. The van der Waals surface area contributed by atoms with E-state index in [0.29, 0.717) is 0 Å². The maximum atomic E-state index is 3.77. The summed E-state index contributed by atoms with van der Waals surface area (Å²) in [5, 5.41) is 4.90. The second kappa shape index (κ2) is 16.6. The minimum absolute atomic E-state index is 1.00. The second-order valence-corrected chi connectivity index (χ2v) is 13.0. The standard InChI is InChI=1S/C50H44N2/c1-3-5-7-11-17-39-23-29-45(30-24-39)51(43-19-13-9-14-20-43)47-33-35-49-41(37-47)27-28-42-38-48(34-36-50(42)49)52(44-21-15-10-16-22-44)46-31-25-40(26-32-46)18-12-8-6-4-2/h3-10,13-16,19-38H,1-2,11-12,17-18H2/b7-5+,8-6+. The molecular formula is C50H44N2. The first-order chi connectivity index (χ1) is 25.7. The zero-order valence-corrected chi connectivity index (χ0v) is 29.6. The molecule has 0 heterocycles. The van der Waals surface area contributed by atoms with Gasteiger partial charge in [0, 0.05) is 34.1 Å². The van der Waals surface area contributed by atoms with Crippen LogP contribution in [0.1, 0.15) is 24.0 Å². The van der Waals surface area contributed by atoms with Gasteiger partial charge in [-0.15, -0.1) is 0 Å². The third-order valence-corrected chi connectivity index (χ3v) is 9.48. The van der Waals surface area contributed by atoms with E-state index in [-0.39, 0.29) is 0 Å². The van der Waals surface area contributed by atoms with Crippen molar-refractivity contribution in [2.45, 2.75) is 25.7 Å². The molecule has 7 aromatic carbocycles. The van der Waals surface area contributed by atoms with Crippen molar-refractivity contribution in [3.63, 3.8) is 0 Å². The van der Waals surface area contributed by atoms with Crippen LogP contribution in [0.25, 0.3) is 21.5 Å². The quantitative estimate of drug-likeness (QED) is 0.0838. The Morgan fingerprint density at radius 2 is 0.750 bits per heavy atom. The molecule has 0 fully saturated rings. The lowest BCUT2D eigenvalue weighted by Gasteiger charge is -2.27. The molecular weight excluding hydrogens is 629 g/mol. The summed E-state index contributed by atoms with van der Waals surface area (Å²) in [6.45, 7) is 7.55. The second-order valence-electron chi connectivity index (χ2n) is 13.0. The van der Waals surface area contributed by atoms with Gasteiger partial charge in [0.05, 0.1) is 0 Å². The maximum Gasteiger partial charge on any atom is 0.0468 e. The van der Waals surface area contributed by atoms with Crippen LogP contribution in [-0.4, -0.2) is 0 Å². The summed E-state index contributed by atoms with van der Waals surface area (Å²) in [4.78, 5) is 4.68. The van der Waals surface area contributed by atoms with Gasteiger partial charge in [-0.1, -0.05) is 135 Å². The average molecular weight is 673 g/mol. The highest BCUT2D eigenvalue weighted by atomic mass is 15.1. The van der Waals surface area contributed by atoms with Gasteiger partial charge >= 0.3 is 0 Å². The highest BCUT2D eigenvalue weighted by Crippen LogP contribution is 2.40. The number of nitrogens with zero attached hydrogens (tertiary/aromatic N) is 2. The minimum atomic E-state index is 1.00. The predicted molar refractivity (Wildman–Crippen MR) is 226 cm³/mol. The molecule has 0 aliphatic heterocycles. The molecule has 0 unspecified atom stereocenters. The third-order valence-electron chi connectivity index (χ3n) is 9.48. The molecule has 0 saturated carbocycles. The van der Waals surface area contributed by atoms with Crippen LogP contribution in [0.15, 0.2) is 207 Å². The SMILES string of the molecule is C=C/C=C/CCc1ccc(N(c2ccccc2)c2ccc3c(ccc4cc(N(c5ccccc5)c5ccc(CC/C=C/C=C)cc5)ccc43)c2)cc1. The maximum absolute atomic E-state index is 3.77. The number of para-hydroxylation sites is 2. The number of hydrogen-bond acceptors (Lipinski definition) is 2. The van der Waals surface area contributed by atoms with E-state index in [9.17, 15) is 0 Å². The van der Waals surface area contributed by atoms with Gasteiger partial charge in [-0.2, -0.15) is 0 Å². The van der Waals surface area contributed by atoms with E-state index in [1.54, 1.807) is 0 Å². The van der Waals surface area contributed by atoms with Gasteiger partial charge in [-0.3, -0.25) is 0 Å². The van der Waals surface area contributed by atoms with Crippen molar-refractivity contribution in [2.24, 2.45) is 0 Å². The number of anilines is 6. The first-order valence-electron chi connectivity index (χ1n) is 18.1. The van der Waals surface area contributed by atoms with Crippen molar-refractivity contribution in [1.82, 2.24) is 0 Å². The van der Waals surface area contributed by atoms with Crippen LogP contribution >= 0.6 is 0 Å². The summed E-state index contributed by atoms with van der Waals surface area (Å²) in [5.41, 5.74) is 9.45. The molecule has 0 saturated heterocycles. The zero-order valence-electron chi connectivity index (χ0n) is 29.6. The Morgan fingerprint density at radius 1 is 0.385 bits per heavy atom. The van der Waals surface area contributed by atoms with E-state index < -0.39 is 0 Å². The van der Waals surface area contributed by atoms with E-state index in [2.05, 4.69) is 193 Å². The highest BCUT2D eigenvalue weighted by Gasteiger charge is 2.16. The third kappa shape index (κ3) is 7.83. The van der Waals surface area contributed by atoms with Gasteiger partial charge in [0.25, 0.3) is 0 Å². The highest BCUT2D eigenvalue weighted by molar-refractivity contribution is 6.09. The topological polar surface area (TPSA) is 6.48 Å². The van der Waals surface area contributed by atoms with Gasteiger partial charge in [0.15, 0.2) is 0 Å². The molecule has 0 aliphatic carbocycles. The summed E-state index contributed by atoms with van der Waals surface area (Å²) in [5.74, 6) is 0. The molecule has 7 aromatic rings. The van der Waals surface area contributed by atoms with Crippen LogP contribution in [0.2, 0.25) is 0 Å². The Morgan fingerprint density at radius 3 is 1.13 bits per heavy atom. The van der Waals surface area contributed by atoms with E-state index in [1.807, 2.05) is 24.3 Å². The number of benzene rings is 7. The summed E-state index contributed by atoms with van der Waals surface area (Å²) >= 11 is 0. The van der Waals surface area contributed by atoms with E-state index in [0.717, 1.165) is 59.8 Å². The number of allylic oxidation sites excluding steroid dienone is 6. The van der Waals surface area contributed by atoms with E-state index in [4.69, 9.17) is 0 Å². The van der Waals surface area contributed by atoms with Crippen LogP contribution in [-0.2, 0) is 12.8 Å². The Kier molecular flexibility index (Phi) is 10.8. The van der Waals surface area contributed by atoms with Crippen LogP contribution < -0.4 is 9.80 Å². The van der Waals surface area contributed by atoms with E-state index in [1.165, 1.54) is 32.7 Å². The number of aryl methyl sites for hydroxylation is 2. The van der Waals surface area contributed by atoms with Crippen molar-refractivity contribution in [3.8, 4) is 0 Å². The van der Waals surface area contributed by atoms with Gasteiger partial charge in [0.1, 0.15) is 0 Å². The molecule has 0 bridgehead atoms. The molecule has 0 N–H and O–H groups in total. The number of rotatable bonds is 14. The molecule has 0 radical (unpaired) electrons. The van der Waals surface area contributed by atoms with Gasteiger partial charge in [-0.05, 0) is 131 Å². The Bertz CT molecular complexity index is 2150. The lowest BCUT2D eigenvalue weighted by Crippen LogP contribution is -2.10. The van der Waals surface area contributed by atoms with Gasteiger partial charge in [-0.25, -0.2) is 0 Å². The molecule has 254 valence electrons. The lowest BCUT2D eigenvalue weighted by atomic mass is 9.99. The van der Waals surface area contributed by atoms with Gasteiger partial charge in [0.2, 0.25) is 0 Å². The van der Waals surface area contributed by atoms with E-state index >= 15 is 0 Å². The predicted octanol–water partition coefficient (Wildman–Crippen LogP) is 14.3. The van der Waals surface area contributed by atoms with Crippen LogP contribution in [0.4, 0.5) is 34.1 Å². The molecule has 2 nitrogen and oxygen atoms in total. The minimum Gasteiger partial charge on any atom is -0.310 e. The average Bonchev–Trinajstić information content (AvgIpc) is 3.20. The molecule has 0 atom stereocenters. The van der Waals surface area contributed by atoms with Crippen molar-refractivity contribution in [1.29, 1.82) is 0 Å². The Labute approximate surface area is 308 Å². The smallest absolute Gasteiger partial charge is 0.0468 e. The zero-order chi connectivity index (χ0) is 35.5. The molecule has 7 rings (SSSR count). The molecule has 52 heavy (non-hydrogen) atoms. The monoisotopic (exact) mass is 672 g/mol. The number of fused-ring (bicyclic) bond motifs is 3. The molecule has 0 spiro atoms. The fourth-order valence-corrected chi connectivity index (χ4v) is 6.88. The molecule has 0 amide bonds. The molecule has 2 heteroatoms. The normalized spacial score (nSPS) is 11.4. The van der Waals surface area contributed by atoms with Crippen molar-refractivity contribution < 1.29 is 0 Å². The fourth-order valence-electron chi connectivity index (χ4n) is 6.88. The first kappa shape index (κ1) is 34.1. The molecule has 0 aliphatic rings. The first-order valence-corrected chi connectivity index (χ1v) is 18.1. The Hall–Kier alpha value is -6.38. The summed E-state index contributed by atoms with van der Waals surface area (Å²) in [7, 11) is 0. The van der Waals surface area contributed by atoms with Crippen molar-refractivity contribution >= 4 is 55.7 Å². The van der Waals surface area contributed by atoms with Crippen LogP contribution in [0.5, 0.6) is 0 Å². The summed E-state index contributed by atoms with van der Waals surface area (Å²) < 4.78 is 0. The lowest BCUT2D eigenvalue weighted by molar-refractivity contribution is 1.00. The summed E-state index contributed by atoms with van der Waals surface area (Å²) in [6.07, 6.45) is 16.0. The molecule has 0 aromatic heterocycles. The Balaban J connectivity index is 1.21. The fraction of sp³-hybridized carbons (Fsp3) is 0.0800. The van der Waals surface area contributed by atoms with Crippen molar-refractivity contribution in [3.05, 3.63) is 218 Å². The van der Waals surface area contributed by atoms with Crippen LogP contribution in [0.3, 0.4) is 0 Å². The van der Waals surface area contributed by atoms with Crippen molar-refractivity contribution in [2.75, 3.05) is 9.80 Å². The van der Waals surface area contributed by atoms with Crippen LogP contribution in [0, 0.1) is 0 Å².